The Morgan fingerprint density at radius 3 is 2.50 bits per heavy atom. The topological polar surface area (TPSA) is 82.7 Å². The smallest absolute Gasteiger partial charge is 0.319 e. The van der Waals surface area contributed by atoms with Crippen LogP contribution in [0.15, 0.2) is 66.7 Å². The van der Waals surface area contributed by atoms with Gasteiger partial charge in [0, 0.05) is 30.9 Å². The number of nitrogens with zero attached hydrogens (tertiary/aromatic N) is 1. The minimum atomic E-state index is -0.314. The van der Waals surface area contributed by atoms with Crippen molar-refractivity contribution in [1.82, 2.24) is 5.32 Å². The number of methoxy groups -OCH3 is 1. The molecular formula is C27H30N4O3. The number of ether oxygens (including phenoxy) is 1. The Balaban J connectivity index is 1.49. The SMILES string of the molecule is COc1cccc(CNC(=O)Nc2cc(NC(=O)c3cccc(C)c3)ccc2N2CCCC2)c1. The lowest BCUT2D eigenvalue weighted by molar-refractivity contribution is 0.102. The van der Waals surface area contributed by atoms with Crippen molar-refractivity contribution < 1.29 is 14.3 Å². The second-order valence-electron chi connectivity index (χ2n) is 8.41. The number of rotatable bonds is 7. The quantitative estimate of drug-likeness (QED) is 0.456. The van der Waals surface area contributed by atoms with Crippen LogP contribution in [0.3, 0.4) is 0 Å². The summed E-state index contributed by atoms with van der Waals surface area (Å²) in [6.07, 6.45) is 2.24. The van der Waals surface area contributed by atoms with E-state index in [-0.39, 0.29) is 11.9 Å². The molecule has 4 rings (SSSR count). The summed E-state index contributed by atoms with van der Waals surface area (Å²) in [5.74, 6) is 0.555. The van der Waals surface area contributed by atoms with Gasteiger partial charge in [-0.05, 0) is 67.8 Å². The van der Waals surface area contributed by atoms with Crippen molar-refractivity contribution in [2.24, 2.45) is 0 Å². The fraction of sp³-hybridized carbons (Fsp3) is 0.259. The Morgan fingerprint density at radius 1 is 0.941 bits per heavy atom. The van der Waals surface area contributed by atoms with Gasteiger partial charge in [-0.15, -0.1) is 0 Å². The molecule has 7 nitrogen and oxygen atoms in total. The molecule has 0 aromatic heterocycles. The first kappa shape index (κ1) is 23.2. The normalized spacial score (nSPS) is 12.8. The number of hydrogen-bond donors (Lipinski definition) is 3. The second kappa shape index (κ2) is 10.7. The summed E-state index contributed by atoms with van der Waals surface area (Å²) < 4.78 is 5.24. The van der Waals surface area contributed by atoms with Crippen molar-refractivity contribution in [3.05, 3.63) is 83.4 Å². The van der Waals surface area contributed by atoms with Crippen LogP contribution < -0.4 is 25.6 Å². The molecule has 176 valence electrons. The van der Waals surface area contributed by atoms with Gasteiger partial charge >= 0.3 is 6.03 Å². The highest BCUT2D eigenvalue weighted by Crippen LogP contribution is 2.32. The first-order valence-corrected chi connectivity index (χ1v) is 11.5. The van der Waals surface area contributed by atoms with Crippen LogP contribution in [0.4, 0.5) is 21.9 Å². The van der Waals surface area contributed by atoms with Gasteiger partial charge in [-0.25, -0.2) is 4.79 Å². The standard InChI is InChI=1S/C27H30N4O3/c1-19-7-5-9-21(15-19)26(32)29-22-11-12-25(31-13-3-4-14-31)24(17-22)30-27(33)28-18-20-8-6-10-23(16-20)34-2/h5-12,15-17H,3-4,13-14,18H2,1-2H3,(H,29,32)(H2,28,30,33). The lowest BCUT2D eigenvalue weighted by atomic mass is 10.1. The summed E-state index contributed by atoms with van der Waals surface area (Å²) in [5.41, 5.74) is 4.78. The highest BCUT2D eigenvalue weighted by molar-refractivity contribution is 6.05. The third-order valence-electron chi connectivity index (χ3n) is 5.82. The molecule has 0 spiro atoms. The molecular weight excluding hydrogens is 428 g/mol. The first-order chi connectivity index (χ1) is 16.5. The number of carbonyl (C=O) groups excluding carboxylic acids is 2. The van der Waals surface area contributed by atoms with Crippen molar-refractivity contribution in [2.45, 2.75) is 26.3 Å². The molecule has 0 atom stereocenters. The molecule has 0 radical (unpaired) electrons. The van der Waals surface area contributed by atoms with E-state index in [1.807, 2.05) is 67.6 Å². The first-order valence-electron chi connectivity index (χ1n) is 11.5. The zero-order valence-corrected chi connectivity index (χ0v) is 19.6. The predicted molar refractivity (Wildman–Crippen MR) is 136 cm³/mol. The van der Waals surface area contributed by atoms with Crippen LogP contribution in [-0.4, -0.2) is 32.1 Å². The van der Waals surface area contributed by atoms with Gasteiger partial charge in [0.05, 0.1) is 18.5 Å². The Labute approximate surface area is 200 Å². The number of urea groups is 1. The minimum Gasteiger partial charge on any atom is -0.497 e. The maximum absolute atomic E-state index is 12.7. The summed E-state index contributed by atoms with van der Waals surface area (Å²) >= 11 is 0. The summed E-state index contributed by atoms with van der Waals surface area (Å²) in [7, 11) is 1.61. The Hall–Kier alpha value is -4.00. The summed E-state index contributed by atoms with van der Waals surface area (Å²) in [5, 5.41) is 8.82. The van der Waals surface area contributed by atoms with Crippen LogP contribution in [0.2, 0.25) is 0 Å². The van der Waals surface area contributed by atoms with Crippen molar-refractivity contribution in [1.29, 1.82) is 0 Å². The molecule has 0 unspecified atom stereocenters. The van der Waals surface area contributed by atoms with E-state index in [0.29, 0.717) is 23.5 Å². The van der Waals surface area contributed by atoms with E-state index in [1.165, 1.54) is 0 Å². The van der Waals surface area contributed by atoms with Crippen molar-refractivity contribution in [3.63, 3.8) is 0 Å². The zero-order valence-electron chi connectivity index (χ0n) is 19.6. The van der Waals surface area contributed by atoms with Gasteiger partial charge in [0.2, 0.25) is 0 Å². The maximum atomic E-state index is 12.7. The highest BCUT2D eigenvalue weighted by atomic mass is 16.5. The number of amides is 3. The van der Waals surface area contributed by atoms with Gasteiger partial charge in [-0.2, -0.15) is 0 Å². The molecule has 1 fully saturated rings. The fourth-order valence-electron chi connectivity index (χ4n) is 4.07. The number of carbonyl (C=O) groups is 2. The van der Waals surface area contributed by atoms with Gasteiger partial charge < -0.3 is 25.6 Å². The number of anilines is 3. The molecule has 0 saturated carbocycles. The van der Waals surface area contributed by atoms with Gasteiger partial charge in [0.25, 0.3) is 5.91 Å². The van der Waals surface area contributed by atoms with E-state index in [4.69, 9.17) is 4.74 Å². The lowest BCUT2D eigenvalue weighted by Crippen LogP contribution is -2.29. The molecule has 1 aliphatic rings. The third kappa shape index (κ3) is 5.86. The predicted octanol–water partition coefficient (Wildman–Crippen LogP) is 5.18. The van der Waals surface area contributed by atoms with E-state index in [9.17, 15) is 9.59 Å². The molecule has 3 amide bonds. The van der Waals surface area contributed by atoms with Gasteiger partial charge in [-0.1, -0.05) is 29.8 Å². The summed E-state index contributed by atoms with van der Waals surface area (Å²) in [6.45, 7) is 4.20. The van der Waals surface area contributed by atoms with E-state index < -0.39 is 0 Å². The van der Waals surface area contributed by atoms with E-state index in [2.05, 4.69) is 20.9 Å². The molecule has 0 bridgehead atoms. The largest absolute Gasteiger partial charge is 0.497 e. The van der Waals surface area contributed by atoms with Crippen LogP contribution >= 0.6 is 0 Å². The van der Waals surface area contributed by atoms with E-state index >= 15 is 0 Å². The molecule has 3 aromatic carbocycles. The van der Waals surface area contributed by atoms with E-state index in [0.717, 1.165) is 48.5 Å². The Kier molecular flexibility index (Phi) is 7.32. The monoisotopic (exact) mass is 458 g/mol. The van der Waals surface area contributed by atoms with Crippen LogP contribution in [-0.2, 0) is 6.54 Å². The third-order valence-corrected chi connectivity index (χ3v) is 5.82. The van der Waals surface area contributed by atoms with E-state index in [1.54, 1.807) is 13.2 Å². The van der Waals surface area contributed by atoms with Crippen LogP contribution in [0.1, 0.15) is 34.3 Å². The molecule has 1 saturated heterocycles. The Bertz CT molecular complexity index is 1170. The lowest BCUT2D eigenvalue weighted by Gasteiger charge is -2.22. The number of hydrogen-bond acceptors (Lipinski definition) is 4. The van der Waals surface area contributed by atoms with Gasteiger partial charge in [0.15, 0.2) is 0 Å². The minimum absolute atomic E-state index is 0.189. The van der Waals surface area contributed by atoms with Crippen LogP contribution in [0, 0.1) is 6.92 Å². The number of aryl methyl sites for hydroxylation is 1. The van der Waals surface area contributed by atoms with Crippen LogP contribution in [0.25, 0.3) is 0 Å². The molecule has 34 heavy (non-hydrogen) atoms. The highest BCUT2D eigenvalue weighted by Gasteiger charge is 2.18. The number of nitrogens with one attached hydrogen (secondary N) is 3. The maximum Gasteiger partial charge on any atom is 0.319 e. The average molecular weight is 459 g/mol. The molecule has 3 aromatic rings. The summed E-state index contributed by atoms with van der Waals surface area (Å²) in [6, 6.07) is 20.3. The molecule has 0 aliphatic carbocycles. The van der Waals surface area contributed by atoms with Crippen LogP contribution in [0.5, 0.6) is 5.75 Å². The Morgan fingerprint density at radius 2 is 1.74 bits per heavy atom. The molecule has 1 heterocycles. The zero-order chi connectivity index (χ0) is 23.9. The van der Waals surface area contributed by atoms with Crippen molar-refractivity contribution in [3.8, 4) is 5.75 Å². The van der Waals surface area contributed by atoms with Crippen molar-refractivity contribution >= 4 is 29.0 Å². The number of benzene rings is 3. The average Bonchev–Trinajstić information content (AvgIpc) is 3.38. The van der Waals surface area contributed by atoms with Gasteiger partial charge in [-0.3, -0.25) is 4.79 Å². The molecule has 7 heteroatoms. The summed E-state index contributed by atoms with van der Waals surface area (Å²) in [4.78, 5) is 27.7. The molecule has 1 aliphatic heterocycles. The van der Waals surface area contributed by atoms with Gasteiger partial charge in [0.1, 0.15) is 5.75 Å². The fourth-order valence-corrected chi connectivity index (χ4v) is 4.07. The second-order valence-corrected chi connectivity index (χ2v) is 8.41. The van der Waals surface area contributed by atoms with Crippen molar-refractivity contribution in [2.75, 3.05) is 35.7 Å². The molecule has 3 N–H and O–H groups in total.